The minimum atomic E-state index is 0.411. The zero-order valence-corrected chi connectivity index (χ0v) is 13.4. The molecule has 0 unspecified atom stereocenters. The summed E-state index contributed by atoms with van der Waals surface area (Å²) in [6.07, 6.45) is 6.71. The SMILES string of the molecule is CC(C)(C)CCC=CCOCc1cccc2ccccc12. The Balaban J connectivity index is 1.79. The van der Waals surface area contributed by atoms with Crippen molar-refractivity contribution in [2.45, 2.75) is 40.2 Å². The molecule has 1 nitrogen and oxygen atoms in total. The van der Waals surface area contributed by atoms with Crippen LogP contribution in [0.4, 0.5) is 0 Å². The molecule has 0 aromatic heterocycles. The smallest absolute Gasteiger partial charge is 0.0727 e. The standard InChI is InChI=1S/C20H26O/c1-20(2,3)14-7-4-8-15-21-16-18-12-9-11-17-10-5-6-13-19(17)18/h4-6,8-13H,7,14-16H2,1-3H3. The van der Waals surface area contributed by atoms with Gasteiger partial charge in [0.05, 0.1) is 13.2 Å². The van der Waals surface area contributed by atoms with E-state index in [9.17, 15) is 0 Å². The Kier molecular flexibility index (Phi) is 5.58. The lowest BCUT2D eigenvalue weighted by Gasteiger charge is -2.15. The second kappa shape index (κ2) is 7.42. The highest BCUT2D eigenvalue weighted by atomic mass is 16.5. The van der Waals surface area contributed by atoms with Crippen molar-refractivity contribution in [3.63, 3.8) is 0 Å². The molecule has 0 fully saturated rings. The van der Waals surface area contributed by atoms with E-state index in [1.54, 1.807) is 0 Å². The molecule has 0 amide bonds. The summed E-state index contributed by atoms with van der Waals surface area (Å²) < 4.78 is 5.77. The van der Waals surface area contributed by atoms with Gasteiger partial charge >= 0.3 is 0 Å². The summed E-state index contributed by atoms with van der Waals surface area (Å²) >= 11 is 0. The first-order valence-electron chi connectivity index (χ1n) is 7.76. The quantitative estimate of drug-likeness (QED) is 0.485. The van der Waals surface area contributed by atoms with Gasteiger partial charge in [-0.05, 0) is 34.6 Å². The van der Waals surface area contributed by atoms with Gasteiger partial charge in [0.2, 0.25) is 0 Å². The fraction of sp³-hybridized carbons (Fsp3) is 0.400. The molecule has 0 radical (unpaired) electrons. The molecule has 2 aromatic rings. The number of benzene rings is 2. The maximum atomic E-state index is 5.77. The van der Waals surface area contributed by atoms with Crippen LogP contribution in [0.5, 0.6) is 0 Å². The van der Waals surface area contributed by atoms with Crippen LogP contribution in [0.25, 0.3) is 10.8 Å². The molecular weight excluding hydrogens is 256 g/mol. The maximum absolute atomic E-state index is 5.77. The van der Waals surface area contributed by atoms with Gasteiger partial charge in [-0.2, -0.15) is 0 Å². The summed E-state index contributed by atoms with van der Waals surface area (Å²) in [5, 5.41) is 2.57. The van der Waals surface area contributed by atoms with Crippen molar-refractivity contribution >= 4 is 10.8 Å². The molecule has 0 bridgehead atoms. The Bertz CT molecular complexity index is 585. The largest absolute Gasteiger partial charge is 0.373 e. The number of rotatable bonds is 6. The van der Waals surface area contributed by atoms with Gasteiger partial charge in [0.15, 0.2) is 0 Å². The van der Waals surface area contributed by atoms with E-state index in [1.807, 2.05) is 0 Å². The Labute approximate surface area is 128 Å². The van der Waals surface area contributed by atoms with Crippen LogP contribution in [0, 0.1) is 5.41 Å². The first-order valence-corrected chi connectivity index (χ1v) is 7.76. The van der Waals surface area contributed by atoms with Gasteiger partial charge in [-0.1, -0.05) is 75.4 Å². The molecule has 2 aromatic carbocycles. The second-order valence-corrected chi connectivity index (χ2v) is 6.72. The Hall–Kier alpha value is -1.60. The average Bonchev–Trinajstić information content (AvgIpc) is 2.45. The number of hydrogen-bond donors (Lipinski definition) is 0. The lowest BCUT2D eigenvalue weighted by molar-refractivity contribution is 0.149. The van der Waals surface area contributed by atoms with Crippen LogP contribution in [0.3, 0.4) is 0 Å². The summed E-state index contributed by atoms with van der Waals surface area (Å²) in [4.78, 5) is 0. The normalized spacial score (nSPS) is 12.3. The van der Waals surface area contributed by atoms with Crippen molar-refractivity contribution in [2.75, 3.05) is 6.61 Å². The second-order valence-electron chi connectivity index (χ2n) is 6.72. The zero-order chi connectivity index (χ0) is 15.1. The Morgan fingerprint density at radius 1 is 0.952 bits per heavy atom. The Morgan fingerprint density at radius 3 is 2.52 bits per heavy atom. The van der Waals surface area contributed by atoms with Gasteiger partial charge in [-0.3, -0.25) is 0 Å². The number of hydrogen-bond acceptors (Lipinski definition) is 1. The molecular formula is C20H26O. The van der Waals surface area contributed by atoms with E-state index in [-0.39, 0.29) is 0 Å². The van der Waals surface area contributed by atoms with Crippen LogP contribution >= 0.6 is 0 Å². The minimum absolute atomic E-state index is 0.411. The van der Waals surface area contributed by atoms with E-state index < -0.39 is 0 Å². The lowest BCUT2D eigenvalue weighted by Crippen LogP contribution is -2.03. The minimum Gasteiger partial charge on any atom is -0.373 e. The van der Waals surface area contributed by atoms with E-state index in [4.69, 9.17) is 4.74 Å². The van der Waals surface area contributed by atoms with Gasteiger partial charge in [-0.25, -0.2) is 0 Å². The number of ether oxygens (including phenoxy) is 1. The van der Waals surface area contributed by atoms with Gasteiger partial charge in [0.25, 0.3) is 0 Å². The zero-order valence-electron chi connectivity index (χ0n) is 13.4. The Morgan fingerprint density at radius 2 is 1.71 bits per heavy atom. The number of fused-ring (bicyclic) bond motifs is 1. The van der Waals surface area contributed by atoms with Crippen LogP contribution < -0.4 is 0 Å². The first kappa shape index (κ1) is 15.8. The van der Waals surface area contributed by atoms with E-state index in [0.29, 0.717) is 18.6 Å². The summed E-state index contributed by atoms with van der Waals surface area (Å²) in [6.45, 7) is 8.19. The predicted octanol–water partition coefficient (Wildman–Crippen LogP) is 5.74. The summed E-state index contributed by atoms with van der Waals surface area (Å²) in [5.41, 5.74) is 1.67. The van der Waals surface area contributed by atoms with Crippen molar-refractivity contribution in [3.05, 3.63) is 60.2 Å². The van der Waals surface area contributed by atoms with Crippen molar-refractivity contribution in [3.8, 4) is 0 Å². The molecule has 0 atom stereocenters. The van der Waals surface area contributed by atoms with Crippen LogP contribution in [0.1, 0.15) is 39.2 Å². The van der Waals surface area contributed by atoms with Crippen LogP contribution in [0.15, 0.2) is 54.6 Å². The van der Waals surface area contributed by atoms with Crippen molar-refractivity contribution < 1.29 is 4.74 Å². The highest BCUT2D eigenvalue weighted by molar-refractivity contribution is 5.85. The fourth-order valence-electron chi connectivity index (χ4n) is 2.36. The van der Waals surface area contributed by atoms with Crippen molar-refractivity contribution in [2.24, 2.45) is 5.41 Å². The third kappa shape index (κ3) is 5.35. The highest BCUT2D eigenvalue weighted by Gasteiger charge is 2.07. The van der Waals surface area contributed by atoms with E-state index in [0.717, 1.165) is 6.42 Å². The monoisotopic (exact) mass is 282 g/mol. The lowest BCUT2D eigenvalue weighted by atomic mass is 9.90. The van der Waals surface area contributed by atoms with Crippen molar-refractivity contribution in [1.82, 2.24) is 0 Å². The van der Waals surface area contributed by atoms with E-state index in [2.05, 4.69) is 75.4 Å². The molecule has 0 aliphatic heterocycles. The third-order valence-electron chi connectivity index (χ3n) is 3.58. The van der Waals surface area contributed by atoms with Crippen LogP contribution in [-0.4, -0.2) is 6.61 Å². The molecule has 0 aliphatic carbocycles. The van der Waals surface area contributed by atoms with Crippen LogP contribution in [0.2, 0.25) is 0 Å². The maximum Gasteiger partial charge on any atom is 0.0727 e. The van der Waals surface area contributed by atoms with Crippen molar-refractivity contribution in [1.29, 1.82) is 0 Å². The third-order valence-corrected chi connectivity index (χ3v) is 3.58. The van der Waals surface area contributed by atoms with Gasteiger partial charge in [-0.15, -0.1) is 0 Å². The molecule has 1 heteroatoms. The summed E-state index contributed by atoms with van der Waals surface area (Å²) in [5.74, 6) is 0. The molecule has 112 valence electrons. The molecule has 0 saturated carbocycles. The summed E-state index contributed by atoms with van der Waals surface area (Å²) in [6, 6.07) is 14.8. The number of allylic oxidation sites excluding steroid dienone is 1. The molecule has 0 heterocycles. The van der Waals surface area contributed by atoms with E-state index >= 15 is 0 Å². The molecule has 0 aliphatic rings. The topological polar surface area (TPSA) is 9.23 Å². The average molecular weight is 282 g/mol. The van der Waals surface area contributed by atoms with Gasteiger partial charge in [0, 0.05) is 0 Å². The first-order chi connectivity index (χ1) is 10.1. The van der Waals surface area contributed by atoms with Crippen LogP contribution in [-0.2, 0) is 11.3 Å². The van der Waals surface area contributed by atoms with Gasteiger partial charge in [0.1, 0.15) is 0 Å². The van der Waals surface area contributed by atoms with Gasteiger partial charge < -0.3 is 4.74 Å². The fourth-order valence-corrected chi connectivity index (χ4v) is 2.36. The van der Waals surface area contributed by atoms with E-state index in [1.165, 1.54) is 22.8 Å². The molecule has 0 saturated heterocycles. The molecule has 0 spiro atoms. The molecule has 21 heavy (non-hydrogen) atoms. The summed E-state index contributed by atoms with van der Waals surface area (Å²) in [7, 11) is 0. The molecule has 0 N–H and O–H groups in total. The highest BCUT2D eigenvalue weighted by Crippen LogP contribution is 2.21. The predicted molar refractivity (Wildman–Crippen MR) is 91.4 cm³/mol. The molecule has 2 rings (SSSR count).